The molecule has 1 saturated heterocycles. The second-order valence-corrected chi connectivity index (χ2v) is 8.88. The fourth-order valence-electron chi connectivity index (χ4n) is 4.90. The van der Waals surface area contributed by atoms with Crippen LogP contribution in [0.1, 0.15) is 47.5 Å². The van der Waals surface area contributed by atoms with E-state index >= 15 is 0 Å². The lowest BCUT2D eigenvalue weighted by Gasteiger charge is -2.36. The van der Waals surface area contributed by atoms with E-state index in [1.807, 2.05) is 18.0 Å². The third kappa shape index (κ3) is 2.99. The third-order valence-corrected chi connectivity index (χ3v) is 6.78. The Hall–Kier alpha value is -2.73. The molecule has 1 aliphatic heterocycles. The number of carbonyl (C=O) groups is 1. The maximum Gasteiger partial charge on any atom is 0.395 e. The number of nitrogens with zero attached hydrogens (tertiary/aromatic N) is 5. The van der Waals surface area contributed by atoms with Gasteiger partial charge in [-0.05, 0) is 19.8 Å². The molecule has 9 nitrogen and oxygen atoms in total. The number of alkyl halides is 3. The van der Waals surface area contributed by atoms with Crippen LogP contribution in [0, 0.1) is 5.41 Å². The number of methoxy groups -OCH3 is 1. The summed E-state index contributed by atoms with van der Waals surface area (Å²) in [5.74, 6) is 0.102. The van der Waals surface area contributed by atoms with Gasteiger partial charge in [-0.15, -0.1) is 0 Å². The van der Waals surface area contributed by atoms with Gasteiger partial charge >= 0.3 is 6.18 Å². The van der Waals surface area contributed by atoms with Crippen molar-refractivity contribution in [3.63, 3.8) is 0 Å². The Balaban J connectivity index is 1.46. The molecule has 3 fully saturated rings. The molecule has 2 aliphatic carbocycles. The van der Waals surface area contributed by atoms with Crippen LogP contribution in [0.4, 0.5) is 24.9 Å². The van der Waals surface area contributed by atoms with Crippen LogP contribution in [0.3, 0.4) is 0 Å². The first-order valence-corrected chi connectivity index (χ1v) is 10.3. The minimum Gasteiger partial charge on any atom is -0.383 e. The summed E-state index contributed by atoms with van der Waals surface area (Å²) in [4.78, 5) is 22.2. The van der Waals surface area contributed by atoms with E-state index in [1.165, 1.54) is 0 Å². The molecule has 3 aliphatic rings. The predicted molar refractivity (Wildman–Crippen MR) is 106 cm³/mol. The summed E-state index contributed by atoms with van der Waals surface area (Å²) in [7, 11) is 1.57. The number of morpholine rings is 1. The van der Waals surface area contributed by atoms with Crippen molar-refractivity contribution in [2.45, 2.75) is 50.3 Å². The van der Waals surface area contributed by atoms with Gasteiger partial charge in [-0.1, -0.05) is 0 Å². The Morgan fingerprint density at radius 2 is 2.09 bits per heavy atom. The van der Waals surface area contributed by atoms with E-state index in [4.69, 9.17) is 15.2 Å². The molecule has 172 valence electrons. The fraction of sp³-hybridized carbons (Fsp3) is 0.600. The number of hydrogen-bond donors (Lipinski definition) is 1. The summed E-state index contributed by atoms with van der Waals surface area (Å²) < 4.78 is 53.3. The molecular formula is C20H23F3N6O3. The molecule has 0 amide bonds. The summed E-state index contributed by atoms with van der Waals surface area (Å²) >= 11 is 0. The van der Waals surface area contributed by atoms with Gasteiger partial charge in [0.15, 0.2) is 6.29 Å². The smallest absolute Gasteiger partial charge is 0.383 e. The highest BCUT2D eigenvalue weighted by Gasteiger charge is 2.94. The largest absolute Gasteiger partial charge is 0.395 e. The topological polar surface area (TPSA) is 108 Å². The molecule has 0 spiro atoms. The number of aldehydes is 1. The molecule has 2 unspecified atom stereocenters. The summed E-state index contributed by atoms with van der Waals surface area (Å²) in [6, 6.07) is 0. The van der Waals surface area contributed by atoms with Gasteiger partial charge in [0.1, 0.15) is 18.7 Å². The van der Waals surface area contributed by atoms with Crippen molar-refractivity contribution < 1.29 is 27.4 Å². The van der Waals surface area contributed by atoms with Crippen LogP contribution in [0.25, 0.3) is 0 Å². The standard InChI is InChI=1S/C20H23F3N6O3/c1-11-4-28(6-14(32-11)12-3-25-29(5-12)10-31-2)17-26-15(13(7-30)16(24)27-17)18-8-19(18,9-18)20(21,22)23/h3,5,7,11,14H,4,6,8-10H2,1-2H3,(H2,24,26,27). The van der Waals surface area contributed by atoms with E-state index in [0.717, 1.165) is 5.56 Å². The lowest BCUT2D eigenvalue weighted by Crippen LogP contribution is -2.44. The Labute approximate surface area is 181 Å². The zero-order chi connectivity index (χ0) is 22.9. The number of halogens is 3. The molecule has 32 heavy (non-hydrogen) atoms. The van der Waals surface area contributed by atoms with E-state index in [2.05, 4.69) is 15.1 Å². The SMILES string of the molecule is COCn1cc(C2CN(c3nc(N)c(C=O)c(C45CC4(C(F)(F)F)C5)n3)CC(C)O2)cn1. The highest BCUT2D eigenvalue weighted by Crippen LogP contribution is 2.90. The van der Waals surface area contributed by atoms with Crippen LogP contribution in [0.2, 0.25) is 0 Å². The van der Waals surface area contributed by atoms with Gasteiger partial charge in [0.05, 0.1) is 35.5 Å². The third-order valence-electron chi connectivity index (χ3n) is 6.78. The van der Waals surface area contributed by atoms with Crippen molar-refractivity contribution in [3.05, 3.63) is 29.2 Å². The number of fused-ring (bicyclic) bond motifs is 1. The van der Waals surface area contributed by atoms with Crippen LogP contribution in [0.15, 0.2) is 12.4 Å². The van der Waals surface area contributed by atoms with Crippen molar-refractivity contribution in [3.8, 4) is 0 Å². The van der Waals surface area contributed by atoms with Crippen LogP contribution >= 0.6 is 0 Å². The van der Waals surface area contributed by atoms with Crippen LogP contribution in [0.5, 0.6) is 0 Å². The summed E-state index contributed by atoms with van der Waals surface area (Å²) in [6.45, 7) is 2.97. The van der Waals surface area contributed by atoms with Crippen molar-refractivity contribution in [1.29, 1.82) is 0 Å². The Morgan fingerprint density at radius 1 is 1.34 bits per heavy atom. The molecule has 0 aromatic carbocycles. The molecule has 0 radical (unpaired) electrons. The van der Waals surface area contributed by atoms with E-state index in [1.54, 1.807) is 18.0 Å². The number of ether oxygens (including phenoxy) is 2. The Bertz CT molecular complexity index is 1070. The molecule has 5 rings (SSSR count). The van der Waals surface area contributed by atoms with Crippen molar-refractivity contribution in [1.82, 2.24) is 19.7 Å². The zero-order valence-corrected chi connectivity index (χ0v) is 17.6. The maximum absolute atomic E-state index is 13.5. The number of aromatic nitrogens is 4. The minimum atomic E-state index is -4.34. The number of nitrogens with two attached hydrogens (primary N) is 1. The lowest BCUT2D eigenvalue weighted by atomic mass is 10.1. The predicted octanol–water partition coefficient (Wildman–Crippen LogP) is 2.23. The van der Waals surface area contributed by atoms with Gasteiger partial charge in [-0.3, -0.25) is 4.79 Å². The average molecular weight is 452 g/mol. The first-order chi connectivity index (χ1) is 15.1. The molecule has 2 atom stereocenters. The van der Waals surface area contributed by atoms with Gasteiger partial charge in [0, 0.05) is 30.8 Å². The average Bonchev–Trinajstić information content (AvgIpc) is 3.50. The summed E-state index contributed by atoms with van der Waals surface area (Å²) in [5.41, 5.74) is 3.95. The quantitative estimate of drug-likeness (QED) is 0.665. The van der Waals surface area contributed by atoms with E-state index in [9.17, 15) is 18.0 Å². The first-order valence-electron chi connectivity index (χ1n) is 10.3. The molecule has 2 saturated carbocycles. The summed E-state index contributed by atoms with van der Waals surface area (Å²) in [5, 5.41) is 4.23. The molecule has 2 N–H and O–H groups in total. The molecular weight excluding hydrogens is 429 g/mol. The normalized spacial score (nSPS) is 31.3. The van der Waals surface area contributed by atoms with E-state index < -0.39 is 17.0 Å². The van der Waals surface area contributed by atoms with Crippen LogP contribution in [-0.2, 0) is 21.6 Å². The van der Waals surface area contributed by atoms with Crippen LogP contribution < -0.4 is 10.6 Å². The van der Waals surface area contributed by atoms with Gasteiger partial charge in [-0.25, -0.2) is 9.67 Å². The van der Waals surface area contributed by atoms with E-state index in [-0.39, 0.29) is 48.1 Å². The number of anilines is 2. The number of hydrogen-bond acceptors (Lipinski definition) is 8. The minimum absolute atomic E-state index is 0.0453. The molecule has 3 heterocycles. The second-order valence-electron chi connectivity index (χ2n) is 8.88. The maximum atomic E-state index is 13.5. The molecule has 2 aromatic rings. The molecule has 12 heteroatoms. The molecule has 2 aromatic heterocycles. The van der Waals surface area contributed by atoms with Gasteiger partial charge in [0.2, 0.25) is 5.95 Å². The second kappa shape index (κ2) is 6.88. The van der Waals surface area contributed by atoms with Gasteiger partial charge in [-0.2, -0.15) is 23.3 Å². The van der Waals surface area contributed by atoms with Crippen molar-refractivity contribution >= 4 is 18.1 Å². The highest BCUT2D eigenvalue weighted by atomic mass is 19.4. The Kier molecular flexibility index (Phi) is 4.55. The van der Waals surface area contributed by atoms with Gasteiger partial charge in [0.25, 0.3) is 0 Å². The van der Waals surface area contributed by atoms with Crippen molar-refractivity contribution in [2.24, 2.45) is 5.41 Å². The van der Waals surface area contributed by atoms with Crippen LogP contribution in [-0.4, -0.2) is 58.5 Å². The molecule has 0 bridgehead atoms. The monoisotopic (exact) mass is 452 g/mol. The lowest BCUT2D eigenvalue weighted by molar-refractivity contribution is -0.167. The van der Waals surface area contributed by atoms with E-state index in [0.29, 0.717) is 26.1 Å². The summed E-state index contributed by atoms with van der Waals surface area (Å²) in [6.07, 6.45) is -1.08. The zero-order valence-electron chi connectivity index (χ0n) is 17.6. The highest BCUT2D eigenvalue weighted by molar-refractivity contribution is 5.85. The van der Waals surface area contributed by atoms with Crippen molar-refractivity contribution in [2.75, 3.05) is 30.8 Å². The fourth-order valence-corrected chi connectivity index (χ4v) is 4.90. The number of nitrogen functional groups attached to an aromatic ring is 1. The first kappa shape index (κ1) is 21.1. The number of carbonyl (C=O) groups excluding carboxylic acids is 1. The van der Waals surface area contributed by atoms with Gasteiger partial charge < -0.3 is 20.1 Å². The number of rotatable bonds is 6. The Morgan fingerprint density at radius 3 is 2.72 bits per heavy atom.